The van der Waals surface area contributed by atoms with Gasteiger partial charge in [0.05, 0.1) is 5.56 Å². The van der Waals surface area contributed by atoms with Crippen LogP contribution in [-0.2, 0) is 17.8 Å². The number of nitrogens with zero attached hydrogens (tertiary/aromatic N) is 5. The number of carboxylic acid groups (broad SMARTS) is 1. The topological polar surface area (TPSA) is 101 Å². The van der Waals surface area contributed by atoms with E-state index in [1.807, 2.05) is 13.8 Å². The van der Waals surface area contributed by atoms with Crippen LogP contribution in [0, 0.1) is 13.8 Å². The Morgan fingerprint density at radius 2 is 1.89 bits per heavy atom. The number of amides is 1. The van der Waals surface area contributed by atoms with Crippen molar-refractivity contribution in [2.75, 3.05) is 7.05 Å². The van der Waals surface area contributed by atoms with Crippen molar-refractivity contribution < 1.29 is 14.7 Å². The first kappa shape index (κ1) is 18.5. The molecule has 140 valence electrons. The zero-order valence-corrected chi connectivity index (χ0v) is 15.5. The molecule has 1 amide bonds. The molecular weight excluding hydrogens is 346 g/mol. The second-order valence-corrected chi connectivity index (χ2v) is 6.48. The molecule has 0 bridgehead atoms. The minimum absolute atomic E-state index is 0.00907. The molecule has 8 nitrogen and oxygen atoms in total. The molecule has 0 aliphatic heterocycles. The Kier molecular flexibility index (Phi) is 5.16. The van der Waals surface area contributed by atoms with Gasteiger partial charge in [0.15, 0.2) is 0 Å². The number of rotatable bonds is 6. The molecule has 8 heteroatoms. The van der Waals surface area contributed by atoms with E-state index in [9.17, 15) is 9.59 Å². The van der Waals surface area contributed by atoms with Crippen LogP contribution in [0.1, 0.15) is 39.3 Å². The van der Waals surface area contributed by atoms with Crippen LogP contribution >= 0.6 is 0 Å². The first-order chi connectivity index (χ1) is 12.9. The third-order valence-electron chi connectivity index (χ3n) is 4.62. The molecule has 0 radical (unpaired) electrons. The highest BCUT2D eigenvalue weighted by atomic mass is 16.4. The number of aryl methyl sites for hydroxylation is 2. The zero-order valence-electron chi connectivity index (χ0n) is 15.5. The van der Waals surface area contributed by atoms with Crippen molar-refractivity contribution >= 4 is 17.7 Å². The van der Waals surface area contributed by atoms with Gasteiger partial charge in [-0.2, -0.15) is 10.1 Å². The van der Waals surface area contributed by atoms with Crippen molar-refractivity contribution in [1.82, 2.24) is 24.5 Å². The van der Waals surface area contributed by atoms with E-state index in [1.54, 1.807) is 40.7 Å². The fraction of sp³-hybridized carbons (Fsp3) is 0.316. The minimum atomic E-state index is -0.963. The summed E-state index contributed by atoms with van der Waals surface area (Å²) in [5.41, 5.74) is 3.91. The van der Waals surface area contributed by atoms with Gasteiger partial charge in [-0.3, -0.25) is 4.79 Å². The van der Waals surface area contributed by atoms with Gasteiger partial charge in [-0.15, -0.1) is 0 Å². The average molecular weight is 367 g/mol. The molecule has 1 aromatic carbocycles. The summed E-state index contributed by atoms with van der Waals surface area (Å²) in [5.74, 6) is -0.397. The average Bonchev–Trinajstić information content (AvgIpc) is 3.10. The standard InChI is InChI=1S/C19H21N5O3/c1-12-16(13(2)24-19(22-12)20-11-21-24)8-9-17(25)23(3)10-14-4-6-15(7-5-14)18(26)27/h4-7,11H,8-10H2,1-3H3,(H,26,27). The predicted molar refractivity (Wildman–Crippen MR) is 98.5 cm³/mol. The quantitative estimate of drug-likeness (QED) is 0.715. The number of aromatic nitrogens is 4. The largest absolute Gasteiger partial charge is 0.478 e. The summed E-state index contributed by atoms with van der Waals surface area (Å²) in [6, 6.07) is 6.54. The number of hydrogen-bond acceptors (Lipinski definition) is 5. The lowest BCUT2D eigenvalue weighted by Crippen LogP contribution is -2.26. The van der Waals surface area contributed by atoms with Crippen LogP contribution in [-0.4, -0.2) is 48.5 Å². The molecule has 3 rings (SSSR count). The summed E-state index contributed by atoms with van der Waals surface area (Å²) < 4.78 is 1.68. The van der Waals surface area contributed by atoms with Gasteiger partial charge < -0.3 is 10.0 Å². The van der Waals surface area contributed by atoms with Gasteiger partial charge in [-0.05, 0) is 43.5 Å². The predicted octanol–water partition coefficient (Wildman–Crippen LogP) is 2.03. The van der Waals surface area contributed by atoms with E-state index in [2.05, 4.69) is 15.1 Å². The van der Waals surface area contributed by atoms with Crippen molar-refractivity contribution in [3.8, 4) is 0 Å². The monoisotopic (exact) mass is 367 g/mol. The summed E-state index contributed by atoms with van der Waals surface area (Å²) in [4.78, 5) is 33.6. The van der Waals surface area contributed by atoms with E-state index in [-0.39, 0.29) is 11.5 Å². The van der Waals surface area contributed by atoms with Gasteiger partial charge in [0.1, 0.15) is 6.33 Å². The van der Waals surface area contributed by atoms with Gasteiger partial charge in [0.2, 0.25) is 5.91 Å². The number of carbonyl (C=O) groups is 2. The fourth-order valence-corrected chi connectivity index (χ4v) is 3.05. The second-order valence-electron chi connectivity index (χ2n) is 6.48. The number of carbonyl (C=O) groups excluding carboxylic acids is 1. The molecule has 0 saturated heterocycles. The highest BCUT2D eigenvalue weighted by Crippen LogP contribution is 2.16. The first-order valence-corrected chi connectivity index (χ1v) is 8.59. The van der Waals surface area contributed by atoms with Crippen molar-refractivity contribution in [1.29, 1.82) is 0 Å². The second kappa shape index (κ2) is 7.53. The molecule has 0 aliphatic rings. The van der Waals surface area contributed by atoms with Gasteiger partial charge in [-0.1, -0.05) is 12.1 Å². The zero-order chi connectivity index (χ0) is 19.6. The van der Waals surface area contributed by atoms with E-state index >= 15 is 0 Å². The maximum Gasteiger partial charge on any atom is 0.335 e. The number of carboxylic acids is 1. The molecule has 27 heavy (non-hydrogen) atoms. The van der Waals surface area contributed by atoms with Crippen LogP contribution < -0.4 is 0 Å². The molecule has 0 spiro atoms. The molecule has 2 aromatic heterocycles. The molecule has 2 heterocycles. The van der Waals surface area contributed by atoms with Crippen LogP contribution in [0.3, 0.4) is 0 Å². The van der Waals surface area contributed by atoms with E-state index in [0.29, 0.717) is 25.2 Å². The summed E-state index contributed by atoms with van der Waals surface area (Å²) in [6.07, 6.45) is 2.39. The Bertz CT molecular complexity index is 994. The van der Waals surface area contributed by atoms with E-state index in [4.69, 9.17) is 5.11 Å². The maximum atomic E-state index is 12.5. The smallest absolute Gasteiger partial charge is 0.335 e. The third-order valence-corrected chi connectivity index (χ3v) is 4.62. The SMILES string of the molecule is Cc1nc2ncnn2c(C)c1CCC(=O)N(C)Cc1ccc(C(=O)O)cc1. The van der Waals surface area contributed by atoms with E-state index < -0.39 is 5.97 Å². The van der Waals surface area contributed by atoms with Gasteiger partial charge in [0, 0.05) is 31.4 Å². The molecule has 1 N–H and O–H groups in total. The Morgan fingerprint density at radius 1 is 1.19 bits per heavy atom. The fourth-order valence-electron chi connectivity index (χ4n) is 3.05. The minimum Gasteiger partial charge on any atom is -0.478 e. The Hall–Kier alpha value is -3.29. The third kappa shape index (κ3) is 3.94. The lowest BCUT2D eigenvalue weighted by Gasteiger charge is -2.18. The summed E-state index contributed by atoms with van der Waals surface area (Å²) in [7, 11) is 1.74. The van der Waals surface area contributed by atoms with Crippen LogP contribution in [0.5, 0.6) is 0 Å². The molecule has 0 saturated carbocycles. The molecule has 3 aromatic rings. The highest BCUT2D eigenvalue weighted by molar-refractivity contribution is 5.87. The van der Waals surface area contributed by atoms with Crippen LogP contribution in [0.2, 0.25) is 0 Å². The van der Waals surface area contributed by atoms with E-state index in [0.717, 1.165) is 22.5 Å². The van der Waals surface area contributed by atoms with Crippen molar-refractivity contribution in [3.05, 3.63) is 58.7 Å². The number of benzene rings is 1. The summed E-state index contributed by atoms with van der Waals surface area (Å²) >= 11 is 0. The first-order valence-electron chi connectivity index (χ1n) is 8.59. The Balaban J connectivity index is 1.64. The normalized spacial score (nSPS) is 10.9. The Morgan fingerprint density at radius 3 is 2.56 bits per heavy atom. The van der Waals surface area contributed by atoms with Crippen molar-refractivity contribution in [2.45, 2.75) is 33.2 Å². The summed E-state index contributed by atoms with van der Waals surface area (Å²) in [6.45, 7) is 4.29. The van der Waals surface area contributed by atoms with Crippen LogP contribution in [0.25, 0.3) is 5.78 Å². The van der Waals surface area contributed by atoms with Gasteiger partial charge in [0.25, 0.3) is 5.78 Å². The maximum absolute atomic E-state index is 12.5. The Labute approximate surface area is 156 Å². The molecule has 0 fully saturated rings. The van der Waals surface area contributed by atoms with Gasteiger partial charge >= 0.3 is 5.97 Å². The van der Waals surface area contributed by atoms with Crippen LogP contribution in [0.4, 0.5) is 0 Å². The lowest BCUT2D eigenvalue weighted by molar-refractivity contribution is -0.130. The molecule has 0 atom stereocenters. The number of aromatic carboxylic acids is 1. The number of fused-ring (bicyclic) bond motifs is 1. The molecule has 0 aliphatic carbocycles. The lowest BCUT2D eigenvalue weighted by atomic mass is 10.1. The van der Waals surface area contributed by atoms with Crippen molar-refractivity contribution in [2.24, 2.45) is 0 Å². The highest BCUT2D eigenvalue weighted by Gasteiger charge is 2.15. The van der Waals surface area contributed by atoms with Crippen LogP contribution in [0.15, 0.2) is 30.6 Å². The number of hydrogen-bond donors (Lipinski definition) is 1. The summed E-state index contributed by atoms with van der Waals surface area (Å²) in [5, 5.41) is 13.1. The van der Waals surface area contributed by atoms with E-state index in [1.165, 1.54) is 6.33 Å². The molecular formula is C19H21N5O3. The van der Waals surface area contributed by atoms with Gasteiger partial charge in [-0.25, -0.2) is 14.3 Å². The van der Waals surface area contributed by atoms with Crippen molar-refractivity contribution in [3.63, 3.8) is 0 Å². The molecule has 0 unspecified atom stereocenters.